The monoisotopic (exact) mass is 910 g/mol. The minimum atomic E-state index is 0. The average Bonchev–Trinajstić information content (AvgIpc) is 4.04. The van der Waals surface area contributed by atoms with Gasteiger partial charge in [0.05, 0.1) is 0 Å². The summed E-state index contributed by atoms with van der Waals surface area (Å²) in [6.07, 6.45) is 0. The van der Waals surface area contributed by atoms with Crippen LogP contribution in [-0.2, 0) is 39.9 Å². The van der Waals surface area contributed by atoms with Crippen LogP contribution in [0.4, 0.5) is 0 Å². The Kier molecular flexibility index (Phi) is 18.2. The molecule has 0 aliphatic heterocycles. The predicted octanol–water partition coefficient (Wildman–Crippen LogP) is 10.3. The molecule has 0 aromatic heterocycles. The van der Waals surface area contributed by atoms with Crippen molar-refractivity contribution in [2.24, 2.45) is 0 Å². The summed E-state index contributed by atoms with van der Waals surface area (Å²) in [6.45, 7) is 8.33. The van der Waals surface area contributed by atoms with E-state index in [1.807, 2.05) is 0 Å². The number of rotatable bonds is 0. The molecule has 0 spiro atoms. The van der Waals surface area contributed by atoms with Crippen LogP contribution in [0.25, 0.3) is 86.2 Å². The summed E-state index contributed by atoms with van der Waals surface area (Å²) in [7, 11) is 0. The third-order valence-electron chi connectivity index (χ3n) is 10.1. The zero-order valence-electron chi connectivity index (χ0n) is 35.5. The molecule has 0 nitrogen and oxygen atoms in total. The van der Waals surface area contributed by atoms with E-state index in [4.69, 9.17) is 0 Å². The summed E-state index contributed by atoms with van der Waals surface area (Å²) in [5.41, 5.74) is 0. The molecule has 0 aliphatic carbocycles. The molecule has 0 radical (unpaired) electrons. The van der Waals surface area contributed by atoms with Crippen LogP contribution in [0.5, 0.6) is 0 Å². The maximum atomic E-state index is 2.24. The second kappa shape index (κ2) is 23.4. The Hall–Kier alpha value is -5.01. The topological polar surface area (TPSA) is 0 Å². The Bertz CT molecular complexity index is 2670. The Morgan fingerprint density at radius 1 is 0.242 bits per heavy atom. The van der Waals surface area contributed by atoms with Crippen molar-refractivity contribution in [3.8, 4) is 0 Å². The van der Waals surface area contributed by atoms with Gasteiger partial charge in [-0.15, -0.1) is 159 Å². The molecule has 304 valence electrons. The van der Waals surface area contributed by atoms with Crippen molar-refractivity contribution in [2.75, 3.05) is 0 Å². The zero-order valence-corrected chi connectivity index (χ0v) is 40.2. The van der Waals surface area contributed by atoms with Gasteiger partial charge in [-0.2, -0.15) is 0 Å². The minimum absolute atomic E-state index is 0. The third kappa shape index (κ3) is 12.1. The first kappa shape index (κ1) is 48.0. The van der Waals surface area contributed by atoms with Crippen molar-refractivity contribution >= 4 is 93.8 Å². The van der Waals surface area contributed by atoms with Crippen LogP contribution in [0, 0.1) is 0 Å². The second-order valence-electron chi connectivity index (χ2n) is 15.3. The van der Waals surface area contributed by atoms with Gasteiger partial charge in [-0.1, -0.05) is 146 Å². The van der Waals surface area contributed by atoms with Gasteiger partial charge in [0, 0.05) is 0 Å². The van der Waals surface area contributed by atoms with Crippen molar-refractivity contribution in [3.05, 3.63) is 218 Å². The minimum Gasteiger partial charge on any atom is -1.00 e. The molecule has 0 heterocycles. The van der Waals surface area contributed by atoms with Gasteiger partial charge in [-0.05, 0) is 0 Å². The summed E-state index contributed by atoms with van der Waals surface area (Å²) in [6, 6.07) is 77.1. The Balaban J connectivity index is 0.000000146. The van der Waals surface area contributed by atoms with E-state index >= 15 is 0 Å². The summed E-state index contributed by atoms with van der Waals surface area (Å²) in [5, 5.41) is 21.6. The summed E-state index contributed by atoms with van der Waals surface area (Å²) >= 11 is 4.17. The smallest absolute Gasteiger partial charge is 0.0771 e. The van der Waals surface area contributed by atoms with E-state index in [1.165, 1.54) is 93.8 Å². The van der Waals surface area contributed by atoms with E-state index in [1.54, 1.807) is 0 Å². The molecular formula is C58H48Cl2Ti2-2. The molecule has 12 rings (SSSR count). The zero-order chi connectivity index (χ0) is 41.8. The van der Waals surface area contributed by atoms with Crippen molar-refractivity contribution < 1.29 is 64.8 Å². The van der Waals surface area contributed by atoms with Crippen LogP contribution < -0.4 is 24.8 Å². The van der Waals surface area contributed by atoms with Crippen molar-refractivity contribution in [2.45, 2.75) is 27.7 Å². The first-order valence-electron chi connectivity index (χ1n) is 20.4. The van der Waals surface area contributed by atoms with Crippen LogP contribution >= 0.6 is 0 Å². The molecule has 0 saturated carbocycles. The number of halogens is 2. The van der Waals surface area contributed by atoms with Gasteiger partial charge in [0.25, 0.3) is 0 Å². The van der Waals surface area contributed by atoms with E-state index in [-0.39, 0.29) is 24.8 Å². The molecule has 4 heteroatoms. The first-order valence-corrected chi connectivity index (χ1v) is 22.0. The molecular weight excluding hydrogens is 863 g/mol. The van der Waals surface area contributed by atoms with Crippen LogP contribution in [0.3, 0.4) is 0 Å². The molecule has 62 heavy (non-hydrogen) atoms. The van der Waals surface area contributed by atoms with E-state index < -0.39 is 0 Å². The first-order chi connectivity index (χ1) is 29.3. The number of hydrogen-bond acceptors (Lipinski definition) is 0. The van der Waals surface area contributed by atoms with Crippen molar-refractivity contribution in [1.82, 2.24) is 0 Å². The summed E-state index contributed by atoms with van der Waals surface area (Å²) in [5.74, 6) is 0. The van der Waals surface area contributed by atoms with Crippen molar-refractivity contribution in [3.63, 3.8) is 0 Å². The van der Waals surface area contributed by atoms with E-state index in [9.17, 15) is 0 Å². The quantitative estimate of drug-likeness (QED) is 0.105. The molecule has 0 amide bonds. The molecule has 12 aromatic carbocycles. The molecule has 0 bridgehead atoms. The predicted molar refractivity (Wildman–Crippen MR) is 261 cm³/mol. The van der Waals surface area contributed by atoms with Crippen LogP contribution in [0.2, 0.25) is 0 Å². The van der Waals surface area contributed by atoms with Gasteiger partial charge < -0.3 is 24.8 Å². The van der Waals surface area contributed by atoms with Gasteiger partial charge in [0.2, 0.25) is 0 Å². The maximum Gasteiger partial charge on any atom is -0.0771 e. The Morgan fingerprint density at radius 2 is 0.339 bits per heavy atom. The fourth-order valence-electron chi connectivity index (χ4n) is 7.62. The maximum absolute atomic E-state index is 2.24. The van der Waals surface area contributed by atoms with Crippen LogP contribution in [0.1, 0.15) is 27.7 Å². The van der Waals surface area contributed by atoms with Gasteiger partial charge in [0.15, 0.2) is 0 Å². The van der Waals surface area contributed by atoms with Crippen molar-refractivity contribution in [1.29, 1.82) is 0 Å². The standard InChI is InChI=1S/4C13H9.2C3H6.2ClH.2Ti/c4*1-3-7-12-10(5-1)9-11-6-2-4-8-13(11)12;2*1-3-2;;;;/h4*1-9H;2*1-2H3;2*1H;;/q4*-1;;;;;2*+2/p-2. The molecule has 0 saturated heterocycles. The van der Waals surface area contributed by atoms with Gasteiger partial charge >= 0.3 is 75.3 Å². The van der Waals surface area contributed by atoms with Gasteiger partial charge in [-0.25, -0.2) is 0 Å². The van der Waals surface area contributed by atoms with Gasteiger partial charge in [0.1, 0.15) is 0 Å². The summed E-state index contributed by atoms with van der Waals surface area (Å²) < 4.78 is 2.83. The normalized spacial score (nSPS) is 10.2. The SMILES string of the molecule is C[C](C)=[Ti+2].C[C](C)=[Ti+2].[Cl-].[Cl-].c1ccc2c(c1)[cH-]c1ccccc12.c1ccc2c(c1)[cH-]c1ccccc12.c1ccc2c(c1)[cH-]c1ccccc12.c1ccc2c(c1)[cH-]c1ccccc12. The Morgan fingerprint density at radius 3 is 0.452 bits per heavy atom. The molecule has 12 aromatic rings. The number of hydrogen-bond donors (Lipinski definition) is 0. The van der Waals surface area contributed by atoms with Gasteiger partial charge in [-0.3, -0.25) is 0 Å². The fraction of sp³-hybridized carbons (Fsp3) is 0.0690. The molecule has 0 fully saturated rings. The molecule has 0 aliphatic rings. The van der Waals surface area contributed by atoms with E-state index in [0.717, 1.165) is 0 Å². The van der Waals surface area contributed by atoms with E-state index in [2.05, 4.69) is 286 Å². The largest absolute Gasteiger partial charge is 1.00 e. The third-order valence-corrected chi connectivity index (χ3v) is 10.1. The van der Waals surface area contributed by atoms with E-state index in [0.29, 0.717) is 0 Å². The van der Waals surface area contributed by atoms with Crippen LogP contribution in [0.15, 0.2) is 218 Å². The van der Waals surface area contributed by atoms with Crippen LogP contribution in [-0.4, -0.2) is 7.62 Å². The molecule has 0 N–H and O–H groups in total. The number of fused-ring (bicyclic) bond motifs is 12. The summed E-state index contributed by atoms with van der Waals surface area (Å²) in [4.78, 5) is 0. The average molecular weight is 912 g/mol. The molecule has 0 atom stereocenters. The number of benzene rings is 8. The second-order valence-corrected chi connectivity index (χ2v) is 18.4. The Labute approximate surface area is 401 Å². The molecule has 0 unspecified atom stereocenters. The fourth-order valence-corrected chi connectivity index (χ4v) is 7.62.